The molecule has 1 aliphatic rings. The predicted molar refractivity (Wildman–Crippen MR) is 99.7 cm³/mol. The van der Waals surface area contributed by atoms with Crippen molar-refractivity contribution in [2.75, 3.05) is 13.6 Å². The molecule has 142 valence electrons. The van der Waals surface area contributed by atoms with Gasteiger partial charge in [-0.2, -0.15) is 4.31 Å². The van der Waals surface area contributed by atoms with Gasteiger partial charge in [-0.05, 0) is 35.2 Å². The average molecular weight is 388 g/mol. The fourth-order valence-corrected chi connectivity index (χ4v) is 4.96. The number of carbonyl (C=O) groups excluding carboxylic acids is 1. The summed E-state index contributed by atoms with van der Waals surface area (Å²) in [5.74, 6) is -1.78. The van der Waals surface area contributed by atoms with Crippen LogP contribution < -0.4 is 5.32 Å². The van der Waals surface area contributed by atoms with Gasteiger partial charge in [0.25, 0.3) is 5.91 Å². The van der Waals surface area contributed by atoms with Gasteiger partial charge in [-0.15, -0.1) is 0 Å². The number of carboxylic acids is 1. The summed E-state index contributed by atoms with van der Waals surface area (Å²) in [6, 6.07) is 12.0. The fraction of sp³-hybridized carbons (Fsp3) is 0.263. The van der Waals surface area contributed by atoms with Crippen molar-refractivity contribution in [1.82, 2.24) is 9.62 Å². The molecule has 0 saturated heterocycles. The number of nitrogens with zero attached hydrogens (tertiary/aromatic N) is 1. The highest BCUT2D eigenvalue weighted by Gasteiger charge is 2.39. The Morgan fingerprint density at radius 1 is 1.15 bits per heavy atom. The van der Waals surface area contributed by atoms with Gasteiger partial charge in [0.2, 0.25) is 10.0 Å². The van der Waals surface area contributed by atoms with Crippen LogP contribution in [-0.2, 0) is 27.0 Å². The highest BCUT2D eigenvalue weighted by Crippen LogP contribution is 2.33. The van der Waals surface area contributed by atoms with E-state index < -0.39 is 22.0 Å². The van der Waals surface area contributed by atoms with Crippen LogP contribution in [0.1, 0.15) is 33.1 Å². The lowest BCUT2D eigenvalue weighted by Crippen LogP contribution is -2.43. The van der Waals surface area contributed by atoms with E-state index in [1.807, 2.05) is 12.1 Å². The van der Waals surface area contributed by atoms with Gasteiger partial charge in [-0.25, -0.2) is 8.42 Å². The molecule has 0 aromatic heterocycles. The van der Waals surface area contributed by atoms with Gasteiger partial charge in [-0.1, -0.05) is 36.4 Å². The third-order valence-corrected chi connectivity index (χ3v) is 6.43. The third kappa shape index (κ3) is 3.86. The van der Waals surface area contributed by atoms with E-state index in [1.54, 1.807) is 36.4 Å². The SMILES string of the molecule is CNC(=O)c1ccc(CS(=O)(=O)N2CCc3ccccc3C2C(=O)O)cc1. The van der Waals surface area contributed by atoms with Gasteiger partial charge in [0.15, 0.2) is 0 Å². The van der Waals surface area contributed by atoms with Crippen molar-refractivity contribution in [3.8, 4) is 0 Å². The average Bonchev–Trinajstić information content (AvgIpc) is 2.66. The second-order valence-corrected chi connectivity index (χ2v) is 8.25. The monoisotopic (exact) mass is 388 g/mol. The zero-order valence-corrected chi connectivity index (χ0v) is 15.6. The lowest BCUT2D eigenvalue weighted by atomic mass is 9.94. The van der Waals surface area contributed by atoms with Crippen molar-refractivity contribution in [1.29, 1.82) is 0 Å². The number of amides is 1. The minimum atomic E-state index is -3.86. The summed E-state index contributed by atoms with van der Waals surface area (Å²) in [5, 5.41) is 12.2. The van der Waals surface area contributed by atoms with E-state index in [9.17, 15) is 23.1 Å². The molecule has 27 heavy (non-hydrogen) atoms. The Bertz CT molecular complexity index is 970. The predicted octanol–water partition coefficient (Wildman–Crippen LogP) is 1.56. The maximum atomic E-state index is 12.9. The molecule has 8 heteroatoms. The van der Waals surface area contributed by atoms with Gasteiger partial charge in [0, 0.05) is 19.2 Å². The molecule has 0 bridgehead atoms. The lowest BCUT2D eigenvalue weighted by Gasteiger charge is -2.33. The number of carbonyl (C=O) groups is 2. The molecular formula is C19H20N2O5S. The summed E-state index contributed by atoms with van der Waals surface area (Å²) in [6.45, 7) is 0.118. The summed E-state index contributed by atoms with van der Waals surface area (Å²) in [7, 11) is -2.35. The molecule has 3 rings (SSSR count). The maximum Gasteiger partial charge on any atom is 0.326 e. The summed E-state index contributed by atoms with van der Waals surface area (Å²) in [5.41, 5.74) is 2.28. The molecular weight excluding hydrogens is 368 g/mol. The van der Waals surface area contributed by atoms with E-state index in [-0.39, 0.29) is 18.2 Å². The molecule has 0 spiro atoms. The van der Waals surface area contributed by atoms with Crippen molar-refractivity contribution in [3.05, 3.63) is 70.8 Å². The Kier molecular flexibility index (Phi) is 5.29. The van der Waals surface area contributed by atoms with Crippen LogP contribution in [0.2, 0.25) is 0 Å². The first-order valence-electron chi connectivity index (χ1n) is 8.44. The zero-order valence-electron chi connectivity index (χ0n) is 14.8. The summed E-state index contributed by atoms with van der Waals surface area (Å²) in [6.07, 6.45) is 0.467. The van der Waals surface area contributed by atoms with Crippen LogP contribution >= 0.6 is 0 Å². The van der Waals surface area contributed by atoms with Gasteiger partial charge in [-0.3, -0.25) is 9.59 Å². The summed E-state index contributed by atoms with van der Waals surface area (Å²) in [4.78, 5) is 23.4. The molecule has 1 atom stereocenters. The first kappa shape index (κ1) is 19.1. The smallest absolute Gasteiger partial charge is 0.326 e. The molecule has 0 saturated carbocycles. The number of fused-ring (bicyclic) bond motifs is 1. The second-order valence-electron chi connectivity index (χ2n) is 6.33. The van der Waals surface area contributed by atoms with E-state index in [0.29, 0.717) is 23.1 Å². The molecule has 1 amide bonds. The van der Waals surface area contributed by atoms with Crippen LogP contribution in [-0.4, -0.2) is 43.3 Å². The first-order chi connectivity index (χ1) is 12.8. The highest BCUT2D eigenvalue weighted by molar-refractivity contribution is 7.88. The molecule has 0 radical (unpaired) electrons. The van der Waals surface area contributed by atoms with Crippen molar-refractivity contribution in [2.24, 2.45) is 0 Å². The van der Waals surface area contributed by atoms with E-state index in [4.69, 9.17) is 0 Å². The normalized spacial score (nSPS) is 17.1. The highest BCUT2D eigenvalue weighted by atomic mass is 32.2. The van der Waals surface area contributed by atoms with Gasteiger partial charge < -0.3 is 10.4 Å². The van der Waals surface area contributed by atoms with E-state index in [2.05, 4.69) is 5.32 Å². The number of benzene rings is 2. The molecule has 0 fully saturated rings. The standard InChI is InChI=1S/C19H20N2O5S/c1-20-18(22)15-8-6-13(7-9-15)12-27(25,26)21-11-10-14-4-2-3-5-16(14)17(21)19(23)24/h2-9,17H,10-12H2,1H3,(H,20,22)(H,23,24). The molecule has 7 nitrogen and oxygen atoms in total. The Balaban J connectivity index is 1.88. The number of hydrogen-bond acceptors (Lipinski definition) is 4. The van der Waals surface area contributed by atoms with Crippen LogP contribution in [0, 0.1) is 0 Å². The van der Waals surface area contributed by atoms with Crippen LogP contribution in [0.3, 0.4) is 0 Å². The Labute approximate surface area is 157 Å². The molecule has 2 N–H and O–H groups in total. The number of nitrogens with one attached hydrogen (secondary N) is 1. The van der Waals surface area contributed by atoms with Crippen molar-refractivity contribution >= 4 is 21.9 Å². The van der Waals surface area contributed by atoms with Gasteiger partial charge in [0.05, 0.1) is 5.75 Å². The number of sulfonamides is 1. The molecule has 2 aromatic carbocycles. The Morgan fingerprint density at radius 3 is 2.44 bits per heavy atom. The van der Waals surface area contributed by atoms with Gasteiger partial charge >= 0.3 is 5.97 Å². The van der Waals surface area contributed by atoms with Crippen LogP contribution in [0.25, 0.3) is 0 Å². The van der Waals surface area contributed by atoms with E-state index >= 15 is 0 Å². The molecule has 0 aliphatic carbocycles. The van der Waals surface area contributed by atoms with Crippen LogP contribution in [0.15, 0.2) is 48.5 Å². The Morgan fingerprint density at radius 2 is 1.81 bits per heavy atom. The van der Waals surface area contributed by atoms with E-state index in [1.165, 1.54) is 7.05 Å². The molecule has 2 aromatic rings. The lowest BCUT2D eigenvalue weighted by molar-refractivity contribution is -0.142. The first-order valence-corrected chi connectivity index (χ1v) is 10.1. The third-order valence-electron chi connectivity index (χ3n) is 4.62. The van der Waals surface area contributed by atoms with E-state index in [0.717, 1.165) is 9.87 Å². The number of aliphatic carboxylic acids is 1. The van der Waals surface area contributed by atoms with Crippen LogP contribution in [0.4, 0.5) is 0 Å². The number of rotatable bonds is 5. The largest absolute Gasteiger partial charge is 0.480 e. The van der Waals surface area contributed by atoms with Crippen molar-refractivity contribution in [2.45, 2.75) is 18.2 Å². The topological polar surface area (TPSA) is 104 Å². The van der Waals surface area contributed by atoms with Crippen LogP contribution in [0.5, 0.6) is 0 Å². The molecule has 1 unspecified atom stereocenters. The fourth-order valence-electron chi connectivity index (χ4n) is 3.29. The van der Waals surface area contributed by atoms with Crippen molar-refractivity contribution in [3.63, 3.8) is 0 Å². The maximum absolute atomic E-state index is 12.9. The van der Waals surface area contributed by atoms with Gasteiger partial charge in [0.1, 0.15) is 6.04 Å². The van der Waals surface area contributed by atoms with Crippen molar-refractivity contribution < 1.29 is 23.1 Å². The quantitative estimate of drug-likeness (QED) is 0.809. The number of carboxylic acid groups (broad SMARTS) is 1. The number of hydrogen-bond donors (Lipinski definition) is 2. The molecule has 1 heterocycles. The Hall–Kier alpha value is -2.71. The minimum Gasteiger partial charge on any atom is -0.480 e. The second kappa shape index (κ2) is 7.50. The zero-order chi connectivity index (χ0) is 19.6. The minimum absolute atomic E-state index is 0.118. The summed E-state index contributed by atoms with van der Waals surface area (Å²) < 4.78 is 26.9. The summed E-state index contributed by atoms with van der Waals surface area (Å²) >= 11 is 0. The molecule has 1 aliphatic heterocycles.